The van der Waals surface area contributed by atoms with Gasteiger partial charge >= 0.3 is 6.08 Å². The number of carbonyl (C=O) groups excluding carboxylic acids is 1. The molecule has 0 saturated heterocycles. The fraction of sp³-hybridized carbons (Fsp3) is 0.357. The first-order valence-electron chi connectivity index (χ1n) is 6.42. The van der Waals surface area contributed by atoms with Crippen LogP contribution in [-0.2, 0) is 11.3 Å². The third-order valence-corrected chi connectivity index (χ3v) is 2.60. The van der Waals surface area contributed by atoms with E-state index in [1.54, 1.807) is 0 Å². The number of aromatic nitrogens is 2. The lowest BCUT2D eigenvalue weighted by atomic mass is 10.2. The van der Waals surface area contributed by atoms with Crippen LogP contribution < -0.4 is 10.1 Å². The molecule has 1 aromatic carbocycles. The zero-order chi connectivity index (χ0) is 14.4. The lowest BCUT2D eigenvalue weighted by molar-refractivity contribution is -0.123. The molecule has 0 unspecified atom stereocenters. The van der Waals surface area contributed by atoms with E-state index in [1.807, 2.05) is 44.2 Å². The number of hydrogen-bond donors (Lipinski definition) is 1. The van der Waals surface area contributed by atoms with Gasteiger partial charge in [-0.2, -0.15) is 4.98 Å². The minimum atomic E-state index is -0.238. The van der Waals surface area contributed by atoms with Crippen LogP contribution in [0.1, 0.15) is 31.2 Å². The average molecular weight is 275 g/mol. The molecule has 0 bridgehead atoms. The highest BCUT2D eigenvalue weighted by Gasteiger charge is 2.11. The molecule has 2 aromatic rings. The molecule has 0 aliphatic rings. The monoisotopic (exact) mass is 275 g/mol. The molecule has 0 atom stereocenters. The molecule has 0 aliphatic heterocycles. The number of ether oxygens (including phenoxy) is 1. The first-order chi connectivity index (χ1) is 9.65. The summed E-state index contributed by atoms with van der Waals surface area (Å²) in [6.45, 7) is 4.21. The molecule has 0 fully saturated rings. The summed E-state index contributed by atoms with van der Waals surface area (Å²) in [5, 5.41) is 6.49. The van der Waals surface area contributed by atoms with Crippen molar-refractivity contribution in [3.05, 3.63) is 41.7 Å². The van der Waals surface area contributed by atoms with Crippen molar-refractivity contribution in [2.24, 2.45) is 0 Å². The fourth-order valence-electron chi connectivity index (χ4n) is 1.49. The van der Waals surface area contributed by atoms with Crippen LogP contribution in [0.2, 0.25) is 0 Å². The molecule has 1 amide bonds. The third-order valence-electron chi connectivity index (χ3n) is 2.60. The van der Waals surface area contributed by atoms with Crippen molar-refractivity contribution < 1.29 is 14.1 Å². The maximum Gasteiger partial charge on any atom is 0.417 e. The summed E-state index contributed by atoms with van der Waals surface area (Å²) in [4.78, 5) is 15.6. The number of carbonyl (C=O) groups is 1. The van der Waals surface area contributed by atoms with Gasteiger partial charge < -0.3 is 10.1 Å². The third kappa shape index (κ3) is 4.08. The van der Waals surface area contributed by atoms with Crippen molar-refractivity contribution in [3.63, 3.8) is 0 Å². The van der Waals surface area contributed by atoms with Gasteiger partial charge in [-0.05, 0) is 5.56 Å². The van der Waals surface area contributed by atoms with E-state index in [0.29, 0.717) is 12.4 Å². The maximum absolute atomic E-state index is 11.6. The second-order valence-electron chi connectivity index (χ2n) is 4.62. The normalized spacial score (nSPS) is 10.6. The standard InChI is InChI=1S/C14H17N3O3/c1-10(2)13-16-14(20-17-13)19-9-12(18)15-8-11-6-4-3-5-7-11/h3-7,10H,8-9H2,1-2H3,(H,15,18). The van der Waals surface area contributed by atoms with Crippen LogP contribution in [0.15, 0.2) is 34.9 Å². The highest BCUT2D eigenvalue weighted by Crippen LogP contribution is 2.13. The molecule has 0 saturated carbocycles. The summed E-state index contributed by atoms with van der Waals surface area (Å²) in [6.07, 6.45) is 0.0172. The van der Waals surface area contributed by atoms with Gasteiger partial charge in [-0.1, -0.05) is 49.3 Å². The summed E-state index contributed by atoms with van der Waals surface area (Å²) in [6, 6.07) is 9.65. The van der Waals surface area contributed by atoms with Crippen molar-refractivity contribution in [1.82, 2.24) is 15.5 Å². The van der Waals surface area contributed by atoms with Crippen LogP contribution >= 0.6 is 0 Å². The van der Waals surface area contributed by atoms with E-state index in [1.165, 1.54) is 0 Å². The van der Waals surface area contributed by atoms with E-state index < -0.39 is 0 Å². The van der Waals surface area contributed by atoms with E-state index in [0.717, 1.165) is 5.56 Å². The minimum absolute atomic E-state index is 0.0172. The smallest absolute Gasteiger partial charge is 0.417 e. The number of hydrogen-bond acceptors (Lipinski definition) is 5. The summed E-state index contributed by atoms with van der Waals surface area (Å²) in [5.74, 6) is 0.478. The van der Waals surface area contributed by atoms with Crippen LogP contribution in [-0.4, -0.2) is 22.7 Å². The van der Waals surface area contributed by atoms with Crippen molar-refractivity contribution in [2.75, 3.05) is 6.61 Å². The summed E-state index contributed by atoms with van der Waals surface area (Å²) in [7, 11) is 0. The molecule has 0 spiro atoms. The predicted octanol–water partition coefficient (Wildman–Crippen LogP) is 1.89. The predicted molar refractivity (Wildman–Crippen MR) is 72.2 cm³/mol. The molecular formula is C14H17N3O3. The molecule has 1 aromatic heterocycles. The van der Waals surface area contributed by atoms with Crippen molar-refractivity contribution in [3.8, 4) is 6.08 Å². The van der Waals surface area contributed by atoms with Gasteiger partial charge in [0.05, 0.1) is 0 Å². The molecule has 0 aliphatic carbocycles. The van der Waals surface area contributed by atoms with Gasteiger partial charge in [0.25, 0.3) is 5.91 Å². The zero-order valence-electron chi connectivity index (χ0n) is 11.5. The van der Waals surface area contributed by atoms with Gasteiger partial charge in [-0.3, -0.25) is 9.32 Å². The quantitative estimate of drug-likeness (QED) is 0.871. The van der Waals surface area contributed by atoms with Crippen LogP contribution in [0.3, 0.4) is 0 Å². The fourth-order valence-corrected chi connectivity index (χ4v) is 1.49. The molecular weight excluding hydrogens is 258 g/mol. The maximum atomic E-state index is 11.6. The molecule has 6 nitrogen and oxygen atoms in total. The first kappa shape index (κ1) is 14.0. The average Bonchev–Trinajstić information content (AvgIpc) is 2.93. The second-order valence-corrected chi connectivity index (χ2v) is 4.62. The largest absolute Gasteiger partial charge is 0.439 e. The van der Waals surface area contributed by atoms with Gasteiger partial charge in [-0.25, -0.2) is 0 Å². The molecule has 2 rings (SSSR count). The summed E-state index contributed by atoms with van der Waals surface area (Å²) >= 11 is 0. The Morgan fingerprint density at radius 2 is 2.10 bits per heavy atom. The Balaban J connectivity index is 1.74. The Hall–Kier alpha value is -2.37. The summed E-state index contributed by atoms with van der Waals surface area (Å²) in [5.41, 5.74) is 1.03. The molecule has 106 valence electrons. The van der Waals surface area contributed by atoms with Crippen molar-refractivity contribution >= 4 is 5.91 Å². The van der Waals surface area contributed by atoms with Gasteiger partial charge in [-0.15, -0.1) is 0 Å². The van der Waals surface area contributed by atoms with Gasteiger partial charge in [0.2, 0.25) is 0 Å². The van der Waals surface area contributed by atoms with Gasteiger partial charge in [0.15, 0.2) is 12.4 Å². The molecule has 20 heavy (non-hydrogen) atoms. The number of nitrogens with zero attached hydrogens (tertiary/aromatic N) is 2. The molecule has 1 heterocycles. The SMILES string of the molecule is CC(C)c1noc(OCC(=O)NCc2ccccc2)n1. The first-order valence-corrected chi connectivity index (χ1v) is 6.42. The molecule has 6 heteroatoms. The Morgan fingerprint density at radius 1 is 1.35 bits per heavy atom. The van der Waals surface area contributed by atoms with E-state index in [4.69, 9.17) is 9.26 Å². The Labute approximate surface area is 117 Å². The van der Waals surface area contributed by atoms with E-state index in [2.05, 4.69) is 15.5 Å². The zero-order valence-corrected chi connectivity index (χ0v) is 11.5. The topological polar surface area (TPSA) is 77.2 Å². The van der Waals surface area contributed by atoms with Gasteiger partial charge in [0, 0.05) is 12.5 Å². The minimum Gasteiger partial charge on any atom is -0.439 e. The Kier molecular flexibility index (Phi) is 4.70. The van der Waals surface area contributed by atoms with Crippen LogP contribution in [0.4, 0.5) is 0 Å². The Morgan fingerprint density at radius 3 is 2.75 bits per heavy atom. The number of nitrogens with one attached hydrogen (secondary N) is 1. The lowest BCUT2D eigenvalue weighted by Gasteiger charge is -2.04. The van der Waals surface area contributed by atoms with E-state index in [9.17, 15) is 4.79 Å². The van der Waals surface area contributed by atoms with Crippen molar-refractivity contribution in [2.45, 2.75) is 26.3 Å². The lowest BCUT2D eigenvalue weighted by Crippen LogP contribution is -2.28. The highest BCUT2D eigenvalue weighted by atomic mass is 16.6. The second kappa shape index (κ2) is 6.70. The van der Waals surface area contributed by atoms with Crippen LogP contribution in [0.25, 0.3) is 0 Å². The molecule has 1 N–H and O–H groups in total. The Bertz CT molecular complexity index is 552. The number of amides is 1. The van der Waals surface area contributed by atoms with Crippen molar-refractivity contribution in [1.29, 1.82) is 0 Å². The highest BCUT2D eigenvalue weighted by molar-refractivity contribution is 5.77. The van der Waals surface area contributed by atoms with Crippen LogP contribution in [0.5, 0.6) is 6.08 Å². The van der Waals surface area contributed by atoms with E-state index in [-0.39, 0.29) is 24.5 Å². The molecule has 0 radical (unpaired) electrons. The van der Waals surface area contributed by atoms with Crippen LogP contribution in [0, 0.1) is 0 Å². The van der Waals surface area contributed by atoms with Gasteiger partial charge in [0.1, 0.15) is 0 Å². The van der Waals surface area contributed by atoms with E-state index >= 15 is 0 Å². The number of benzene rings is 1. The summed E-state index contributed by atoms with van der Waals surface area (Å²) < 4.78 is 10.0. The number of rotatable bonds is 6.